The van der Waals surface area contributed by atoms with Crippen molar-refractivity contribution in [2.24, 2.45) is 0 Å². The monoisotopic (exact) mass is 271 g/mol. The molecule has 0 aliphatic carbocycles. The van der Waals surface area contributed by atoms with E-state index in [1.165, 1.54) is 6.07 Å². The first kappa shape index (κ1) is 15.4. The van der Waals surface area contributed by atoms with E-state index in [2.05, 4.69) is 10.1 Å². The normalized spacial score (nSPS) is 11.8. The summed E-state index contributed by atoms with van der Waals surface area (Å²) in [5, 5.41) is 3.04. The van der Waals surface area contributed by atoms with Crippen LogP contribution in [0.4, 0.5) is 8.78 Å². The van der Waals surface area contributed by atoms with Gasteiger partial charge in [-0.1, -0.05) is 17.7 Å². The van der Waals surface area contributed by atoms with Crippen LogP contribution in [0, 0.1) is 0 Å². The maximum Gasteiger partial charge on any atom is 0.387 e. The summed E-state index contributed by atoms with van der Waals surface area (Å²) in [4.78, 5) is 0. The van der Waals surface area contributed by atoms with E-state index in [-0.39, 0.29) is 5.75 Å². The Labute approximate surface area is 112 Å². The Balaban J connectivity index is 2.98. The molecule has 1 aromatic rings. The van der Waals surface area contributed by atoms with Crippen molar-refractivity contribution >= 4 is 6.08 Å². The highest BCUT2D eigenvalue weighted by atomic mass is 19.3. The molecule has 0 aliphatic rings. The third-order valence-corrected chi connectivity index (χ3v) is 2.35. The average Bonchev–Trinajstić information content (AvgIpc) is 2.32. The fourth-order valence-electron chi connectivity index (χ4n) is 1.69. The van der Waals surface area contributed by atoms with Gasteiger partial charge in [-0.05, 0) is 38.6 Å². The molecule has 0 fully saturated rings. The molecule has 0 atom stereocenters. The zero-order chi connectivity index (χ0) is 14.3. The Hall–Kier alpha value is -1.62. The fraction of sp³-hybridized carbons (Fsp3) is 0.429. The van der Waals surface area contributed by atoms with Crippen molar-refractivity contribution < 1.29 is 18.3 Å². The van der Waals surface area contributed by atoms with Gasteiger partial charge in [-0.2, -0.15) is 8.78 Å². The van der Waals surface area contributed by atoms with Crippen LogP contribution in [0.2, 0.25) is 0 Å². The summed E-state index contributed by atoms with van der Waals surface area (Å²) in [6, 6.07) is 4.91. The molecule has 3 nitrogen and oxygen atoms in total. The highest BCUT2D eigenvalue weighted by molar-refractivity contribution is 5.58. The summed E-state index contributed by atoms with van der Waals surface area (Å²) in [5.41, 5.74) is 2.02. The molecule has 0 radical (unpaired) electrons. The van der Waals surface area contributed by atoms with E-state index in [1.807, 2.05) is 20.0 Å². The zero-order valence-electron chi connectivity index (χ0n) is 11.4. The summed E-state index contributed by atoms with van der Waals surface area (Å²) in [6.45, 7) is 2.08. The molecule has 5 heteroatoms. The van der Waals surface area contributed by atoms with Gasteiger partial charge in [0.05, 0.1) is 6.61 Å². The quantitative estimate of drug-likeness (QED) is 0.825. The second-order valence-electron chi connectivity index (χ2n) is 4.04. The maximum atomic E-state index is 12.3. The first-order chi connectivity index (χ1) is 9.06. The van der Waals surface area contributed by atoms with Gasteiger partial charge in [-0.25, -0.2) is 0 Å². The van der Waals surface area contributed by atoms with Gasteiger partial charge in [0.1, 0.15) is 0 Å². The van der Waals surface area contributed by atoms with Crippen LogP contribution in [-0.2, 0) is 0 Å². The van der Waals surface area contributed by atoms with Gasteiger partial charge in [0.2, 0.25) is 0 Å². The van der Waals surface area contributed by atoms with Gasteiger partial charge in [0.15, 0.2) is 11.5 Å². The largest absolute Gasteiger partial charge is 0.490 e. The van der Waals surface area contributed by atoms with Crippen LogP contribution in [0.1, 0.15) is 19.4 Å². The van der Waals surface area contributed by atoms with Gasteiger partial charge >= 0.3 is 6.61 Å². The fourth-order valence-corrected chi connectivity index (χ4v) is 1.69. The molecule has 0 aliphatic heterocycles. The van der Waals surface area contributed by atoms with Crippen molar-refractivity contribution in [3.8, 4) is 11.5 Å². The van der Waals surface area contributed by atoms with E-state index in [0.29, 0.717) is 12.4 Å². The summed E-state index contributed by atoms with van der Waals surface area (Å²) >= 11 is 0. The average molecular weight is 271 g/mol. The lowest BCUT2D eigenvalue weighted by atomic mass is 10.1. The molecule has 0 amide bonds. The van der Waals surface area contributed by atoms with E-state index in [0.717, 1.165) is 17.7 Å². The first-order valence-corrected chi connectivity index (χ1v) is 6.10. The molecule has 0 saturated carbocycles. The third kappa shape index (κ3) is 5.26. The number of likely N-dealkylation sites (N-methyl/N-ethyl adjacent to an activating group) is 1. The summed E-state index contributed by atoms with van der Waals surface area (Å²) in [5.74, 6) is 0.383. The molecule has 1 N–H and O–H groups in total. The topological polar surface area (TPSA) is 30.5 Å². The molecule has 0 spiro atoms. The second-order valence-corrected chi connectivity index (χ2v) is 4.04. The smallest absolute Gasteiger partial charge is 0.387 e. The molecule has 0 unspecified atom stereocenters. The maximum absolute atomic E-state index is 12.3. The molecule has 0 aromatic heterocycles. The van der Waals surface area contributed by atoms with Crippen LogP contribution in [-0.4, -0.2) is 26.8 Å². The van der Waals surface area contributed by atoms with Crippen LogP contribution < -0.4 is 14.8 Å². The molecular weight excluding hydrogens is 252 g/mol. The summed E-state index contributed by atoms with van der Waals surface area (Å²) in [6.07, 6.45) is 1.96. The summed E-state index contributed by atoms with van der Waals surface area (Å²) in [7, 11) is 1.86. The van der Waals surface area contributed by atoms with Crippen LogP contribution in [0.5, 0.6) is 11.5 Å². The predicted molar refractivity (Wildman–Crippen MR) is 71.8 cm³/mol. The van der Waals surface area contributed by atoms with Gasteiger partial charge < -0.3 is 14.8 Å². The van der Waals surface area contributed by atoms with E-state index >= 15 is 0 Å². The summed E-state index contributed by atoms with van der Waals surface area (Å²) < 4.78 is 34.2. The van der Waals surface area contributed by atoms with Crippen LogP contribution in [0.25, 0.3) is 6.08 Å². The number of hydrogen-bond acceptors (Lipinski definition) is 3. The van der Waals surface area contributed by atoms with Crippen molar-refractivity contribution in [2.45, 2.75) is 20.5 Å². The second kappa shape index (κ2) is 7.74. The minimum absolute atomic E-state index is 0.0558. The Morgan fingerprint density at radius 1 is 1.37 bits per heavy atom. The molecule has 1 rings (SSSR count). The van der Waals surface area contributed by atoms with Gasteiger partial charge in [0, 0.05) is 6.54 Å². The molecule has 0 saturated heterocycles. The Morgan fingerprint density at radius 2 is 2.11 bits per heavy atom. The van der Waals surface area contributed by atoms with Crippen molar-refractivity contribution in [2.75, 3.05) is 20.2 Å². The highest BCUT2D eigenvalue weighted by Gasteiger charge is 2.11. The Bertz CT molecular complexity index is 433. The highest BCUT2D eigenvalue weighted by Crippen LogP contribution is 2.30. The number of ether oxygens (including phenoxy) is 2. The minimum Gasteiger partial charge on any atom is -0.490 e. The van der Waals surface area contributed by atoms with E-state index in [1.54, 1.807) is 19.1 Å². The van der Waals surface area contributed by atoms with Crippen molar-refractivity contribution in [1.82, 2.24) is 5.32 Å². The Morgan fingerprint density at radius 3 is 2.68 bits per heavy atom. The predicted octanol–water partition coefficient (Wildman–Crippen LogP) is 3.31. The van der Waals surface area contributed by atoms with Crippen LogP contribution >= 0.6 is 0 Å². The van der Waals surface area contributed by atoms with E-state index < -0.39 is 6.61 Å². The van der Waals surface area contributed by atoms with Crippen LogP contribution in [0.15, 0.2) is 23.8 Å². The third-order valence-electron chi connectivity index (χ3n) is 2.35. The van der Waals surface area contributed by atoms with Crippen molar-refractivity contribution in [3.05, 3.63) is 29.3 Å². The zero-order valence-corrected chi connectivity index (χ0v) is 11.4. The standard InChI is InChI=1S/C14H19F2NO2/c1-4-18-13-8-11(7-10(2)9-17-3)5-6-12(13)19-14(15)16/h5-8,14,17H,4,9H2,1-3H3. The molecule has 19 heavy (non-hydrogen) atoms. The SMILES string of the molecule is CCOc1cc(C=C(C)CNC)ccc1OC(F)F. The minimum atomic E-state index is -2.85. The Kier molecular flexibility index (Phi) is 6.29. The van der Waals surface area contributed by atoms with Crippen molar-refractivity contribution in [1.29, 1.82) is 0 Å². The van der Waals surface area contributed by atoms with Gasteiger partial charge in [-0.15, -0.1) is 0 Å². The van der Waals surface area contributed by atoms with Gasteiger partial charge in [-0.3, -0.25) is 0 Å². The number of nitrogens with one attached hydrogen (secondary N) is 1. The number of hydrogen-bond donors (Lipinski definition) is 1. The molecule has 0 heterocycles. The molecule has 0 bridgehead atoms. The molecular formula is C14H19F2NO2. The lowest BCUT2D eigenvalue weighted by Crippen LogP contribution is -2.08. The number of benzene rings is 1. The van der Waals surface area contributed by atoms with E-state index in [9.17, 15) is 8.78 Å². The number of halogens is 2. The first-order valence-electron chi connectivity index (χ1n) is 6.10. The lowest BCUT2D eigenvalue weighted by molar-refractivity contribution is -0.0514. The van der Waals surface area contributed by atoms with Crippen LogP contribution in [0.3, 0.4) is 0 Å². The number of alkyl halides is 2. The van der Waals surface area contributed by atoms with Crippen molar-refractivity contribution in [3.63, 3.8) is 0 Å². The number of rotatable bonds is 7. The molecule has 1 aromatic carbocycles. The lowest BCUT2D eigenvalue weighted by Gasteiger charge is -2.12. The molecule has 106 valence electrons. The van der Waals surface area contributed by atoms with Gasteiger partial charge in [0.25, 0.3) is 0 Å². The van der Waals surface area contributed by atoms with E-state index in [4.69, 9.17) is 4.74 Å².